The van der Waals surface area contributed by atoms with Crippen LogP contribution in [0.5, 0.6) is 0 Å². The van der Waals surface area contributed by atoms with Crippen LogP contribution in [0, 0.1) is 0 Å². The number of primary amides is 1. The van der Waals surface area contributed by atoms with Gasteiger partial charge >= 0.3 is 0 Å². The molecule has 0 radical (unpaired) electrons. The summed E-state index contributed by atoms with van der Waals surface area (Å²) in [5.41, 5.74) is 6.59. The van der Waals surface area contributed by atoms with E-state index in [4.69, 9.17) is 10.5 Å². The summed E-state index contributed by atoms with van der Waals surface area (Å²) in [6.07, 6.45) is -0.680. The molecule has 0 bridgehead atoms. The van der Waals surface area contributed by atoms with Crippen molar-refractivity contribution in [3.8, 4) is 0 Å². The van der Waals surface area contributed by atoms with Gasteiger partial charge in [-0.3, -0.25) is 19.4 Å². The Bertz CT molecular complexity index is 587. The number of carbonyl (C=O) groups excluding carboxylic acids is 2. The summed E-state index contributed by atoms with van der Waals surface area (Å²) in [6, 6.07) is 10.4. The molecule has 2 aliphatic rings. The SMILES string of the molecule is NC(=O)C1CN(C(=O)CN2CCN(Cc3ccccc3)CC2)CCO1. The molecule has 2 heterocycles. The molecule has 1 atom stereocenters. The van der Waals surface area contributed by atoms with Crippen LogP contribution in [0.1, 0.15) is 5.56 Å². The Balaban J connectivity index is 1.42. The number of amides is 2. The number of hydrogen-bond acceptors (Lipinski definition) is 5. The van der Waals surface area contributed by atoms with E-state index < -0.39 is 12.0 Å². The van der Waals surface area contributed by atoms with Gasteiger partial charge in [-0.2, -0.15) is 0 Å². The number of rotatable bonds is 5. The number of nitrogens with two attached hydrogens (primary N) is 1. The fourth-order valence-electron chi connectivity index (χ4n) is 3.29. The highest BCUT2D eigenvalue weighted by atomic mass is 16.5. The monoisotopic (exact) mass is 346 g/mol. The standard InChI is InChI=1S/C18H26N4O3/c19-18(24)16-13-22(10-11-25-16)17(23)14-21-8-6-20(7-9-21)12-15-4-2-1-3-5-15/h1-5,16H,6-14H2,(H2,19,24). The van der Waals surface area contributed by atoms with Crippen LogP contribution in [0.25, 0.3) is 0 Å². The molecule has 25 heavy (non-hydrogen) atoms. The lowest BCUT2D eigenvalue weighted by atomic mass is 10.2. The molecule has 1 aromatic rings. The van der Waals surface area contributed by atoms with Crippen LogP contribution < -0.4 is 5.73 Å². The van der Waals surface area contributed by atoms with Crippen LogP contribution in [-0.2, 0) is 20.9 Å². The second-order valence-electron chi connectivity index (χ2n) is 6.64. The molecule has 3 rings (SSSR count). The zero-order chi connectivity index (χ0) is 17.6. The first-order chi connectivity index (χ1) is 12.1. The van der Waals surface area contributed by atoms with Gasteiger partial charge in [0.15, 0.2) is 6.10 Å². The molecule has 0 aliphatic carbocycles. The summed E-state index contributed by atoms with van der Waals surface area (Å²) < 4.78 is 5.29. The van der Waals surface area contributed by atoms with Crippen molar-refractivity contribution in [1.82, 2.24) is 14.7 Å². The van der Waals surface area contributed by atoms with Crippen molar-refractivity contribution in [2.24, 2.45) is 5.73 Å². The minimum absolute atomic E-state index is 0.0473. The van der Waals surface area contributed by atoms with E-state index in [9.17, 15) is 9.59 Å². The van der Waals surface area contributed by atoms with E-state index in [0.717, 1.165) is 32.7 Å². The summed E-state index contributed by atoms with van der Waals surface area (Å²) >= 11 is 0. The van der Waals surface area contributed by atoms with Gasteiger partial charge in [-0.05, 0) is 5.56 Å². The summed E-state index contributed by atoms with van der Waals surface area (Å²) in [4.78, 5) is 30.0. The highest BCUT2D eigenvalue weighted by Crippen LogP contribution is 2.10. The maximum Gasteiger partial charge on any atom is 0.248 e. The highest BCUT2D eigenvalue weighted by Gasteiger charge is 2.29. The van der Waals surface area contributed by atoms with Crippen molar-refractivity contribution in [3.05, 3.63) is 35.9 Å². The maximum atomic E-state index is 12.5. The lowest BCUT2D eigenvalue weighted by molar-refractivity contribution is -0.146. The molecule has 2 fully saturated rings. The molecule has 2 saturated heterocycles. The third kappa shape index (κ3) is 5.01. The number of carbonyl (C=O) groups is 2. The van der Waals surface area contributed by atoms with Crippen LogP contribution >= 0.6 is 0 Å². The van der Waals surface area contributed by atoms with Crippen LogP contribution in [0.3, 0.4) is 0 Å². The summed E-state index contributed by atoms with van der Waals surface area (Å²) in [5.74, 6) is -0.460. The Morgan fingerprint density at radius 3 is 2.40 bits per heavy atom. The van der Waals surface area contributed by atoms with Crippen LogP contribution in [0.15, 0.2) is 30.3 Å². The van der Waals surface area contributed by atoms with Gasteiger partial charge in [0.25, 0.3) is 0 Å². The molecule has 2 aliphatic heterocycles. The molecule has 0 saturated carbocycles. The Morgan fingerprint density at radius 1 is 1.04 bits per heavy atom. The summed E-state index contributed by atoms with van der Waals surface area (Å²) in [5, 5.41) is 0. The van der Waals surface area contributed by atoms with Crippen molar-refractivity contribution in [2.75, 3.05) is 52.4 Å². The number of nitrogens with zero attached hydrogens (tertiary/aromatic N) is 3. The third-order valence-corrected chi connectivity index (χ3v) is 4.81. The van der Waals surface area contributed by atoms with Crippen molar-refractivity contribution in [3.63, 3.8) is 0 Å². The fourth-order valence-corrected chi connectivity index (χ4v) is 3.29. The van der Waals surface area contributed by atoms with E-state index in [2.05, 4.69) is 34.1 Å². The molecule has 0 aromatic heterocycles. The van der Waals surface area contributed by atoms with Crippen LogP contribution in [0.2, 0.25) is 0 Å². The van der Waals surface area contributed by atoms with Gasteiger partial charge in [0.2, 0.25) is 11.8 Å². The minimum Gasteiger partial charge on any atom is -0.367 e. The van der Waals surface area contributed by atoms with E-state index in [1.54, 1.807) is 4.90 Å². The predicted molar refractivity (Wildman–Crippen MR) is 93.7 cm³/mol. The normalized spacial score (nSPS) is 22.7. The quantitative estimate of drug-likeness (QED) is 0.779. The minimum atomic E-state index is -0.680. The Hall–Kier alpha value is -1.96. The smallest absolute Gasteiger partial charge is 0.248 e. The van der Waals surface area contributed by atoms with Gasteiger partial charge in [0, 0.05) is 39.3 Å². The average molecular weight is 346 g/mol. The van der Waals surface area contributed by atoms with Crippen molar-refractivity contribution in [2.45, 2.75) is 12.6 Å². The van der Waals surface area contributed by atoms with E-state index in [0.29, 0.717) is 19.7 Å². The Kier molecular flexibility index (Phi) is 6.01. The van der Waals surface area contributed by atoms with Gasteiger partial charge in [-0.15, -0.1) is 0 Å². The van der Waals surface area contributed by atoms with Crippen LogP contribution in [-0.4, -0.2) is 85.0 Å². The topological polar surface area (TPSA) is 79.1 Å². The second kappa shape index (κ2) is 8.42. The molecule has 0 spiro atoms. The molecule has 136 valence electrons. The molecule has 2 amide bonds. The Morgan fingerprint density at radius 2 is 1.72 bits per heavy atom. The van der Waals surface area contributed by atoms with Crippen molar-refractivity contribution in [1.29, 1.82) is 0 Å². The highest BCUT2D eigenvalue weighted by molar-refractivity contribution is 5.82. The van der Waals surface area contributed by atoms with Gasteiger partial charge in [-0.25, -0.2) is 0 Å². The van der Waals surface area contributed by atoms with Crippen molar-refractivity contribution >= 4 is 11.8 Å². The number of hydrogen-bond donors (Lipinski definition) is 1. The van der Waals surface area contributed by atoms with E-state index in [1.807, 2.05) is 6.07 Å². The molecular formula is C18H26N4O3. The van der Waals surface area contributed by atoms with Gasteiger partial charge < -0.3 is 15.4 Å². The van der Waals surface area contributed by atoms with Gasteiger partial charge in [-0.1, -0.05) is 30.3 Å². The Labute approximate surface area is 148 Å². The lowest BCUT2D eigenvalue weighted by Crippen LogP contribution is -2.54. The lowest BCUT2D eigenvalue weighted by Gasteiger charge is -2.37. The number of ether oxygens (including phenoxy) is 1. The molecular weight excluding hydrogens is 320 g/mol. The van der Waals surface area contributed by atoms with E-state index in [-0.39, 0.29) is 12.5 Å². The van der Waals surface area contributed by atoms with E-state index >= 15 is 0 Å². The molecule has 2 N–H and O–H groups in total. The van der Waals surface area contributed by atoms with Crippen molar-refractivity contribution < 1.29 is 14.3 Å². The average Bonchev–Trinajstić information content (AvgIpc) is 2.64. The van der Waals surface area contributed by atoms with Gasteiger partial charge in [0.05, 0.1) is 19.7 Å². The number of piperazine rings is 1. The number of benzene rings is 1. The fraction of sp³-hybridized carbons (Fsp3) is 0.556. The van der Waals surface area contributed by atoms with Gasteiger partial charge in [0.1, 0.15) is 0 Å². The number of morpholine rings is 1. The first-order valence-corrected chi connectivity index (χ1v) is 8.79. The predicted octanol–water partition coefficient (Wildman–Crippen LogP) is -0.483. The largest absolute Gasteiger partial charge is 0.367 e. The molecule has 7 nitrogen and oxygen atoms in total. The summed E-state index contributed by atoms with van der Waals surface area (Å²) in [6.45, 7) is 6.16. The zero-order valence-electron chi connectivity index (χ0n) is 14.5. The molecule has 1 unspecified atom stereocenters. The molecule has 1 aromatic carbocycles. The first kappa shape index (κ1) is 17.8. The second-order valence-corrected chi connectivity index (χ2v) is 6.64. The van der Waals surface area contributed by atoms with Crippen LogP contribution in [0.4, 0.5) is 0 Å². The zero-order valence-corrected chi connectivity index (χ0v) is 14.5. The maximum absolute atomic E-state index is 12.5. The summed E-state index contributed by atoms with van der Waals surface area (Å²) in [7, 11) is 0. The van der Waals surface area contributed by atoms with E-state index in [1.165, 1.54) is 5.56 Å². The molecule has 7 heteroatoms. The first-order valence-electron chi connectivity index (χ1n) is 8.79. The third-order valence-electron chi connectivity index (χ3n) is 4.81.